The Labute approximate surface area is 164 Å². The molecule has 0 bridgehead atoms. The number of benzene rings is 1. The van der Waals surface area contributed by atoms with Crippen LogP contribution in [0.3, 0.4) is 0 Å². The maximum absolute atomic E-state index is 13.5. The number of halogens is 1. The largest absolute Gasteiger partial charge is 0.356 e. The van der Waals surface area contributed by atoms with Gasteiger partial charge in [0.2, 0.25) is 0 Å². The molecule has 4 rings (SSSR count). The lowest BCUT2D eigenvalue weighted by molar-refractivity contribution is 0.482. The topological polar surface area (TPSA) is 54.8 Å². The van der Waals surface area contributed by atoms with E-state index in [0.717, 1.165) is 65.9 Å². The fourth-order valence-electron chi connectivity index (χ4n) is 3.79. The van der Waals surface area contributed by atoms with Crippen LogP contribution in [0, 0.1) is 26.6 Å². The van der Waals surface area contributed by atoms with Gasteiger partial charge in [0.25, 0.3) is 0 Å². The average molecular weight is 377 g/mol. The quantitative estimate of drug-likeness (QED) is 0.678. The zero-order valence-corrected chi connectivity index (χ0v) is 16.5. The second kappa shape index (κ2) is 7.62. The highest BCUT2D eigenvalue weighted by Gasteiger charge is 2.25. The first-order chi connectivity index (χ1) is 13.5. The van der Waals surface area contributed by atoms with E-state index in [1.165, 1.54) is 12.1 Å². The number of rotatable bonds is 3. The summed E-state index contributed by atoms with van der Waals surface area (Å²) in [6, 6.07) is 8.37. The fraction of sp³-hybridized carbons (Fsp3) is 0.364. The highest BCUT2D eigenvalue weighted by molar-refractivity contribution is 5.58. The third-order valence-corrected chi connectivity index (χ3v) is 5.43. The van der Waals surface area contributed by atoms with Crippen molar-refractivity contribution >= 4 is 5.82 Å². The lowest BCUT2D eigenvalue weighted by atomic mass is 9.95. The molecule has 0 amide bonds. The molecule has 0 N–H and O–H groups in total. The maximum atomic E-state index is 13.5. The number of nitrogens with zero attached hydrogens (tertiary/aromatic N) is 5. The molecule has 0 saturated carbocycles. The molecule has 1 saturated heterocycles. The second-order valence-electron chi connectivity index (χ2n) is 7.38. The van der Waals surface area contributed by atoms with Gasteiger partial charge in [0.05, 0.1) is 5.69 Å². The standard InChI is InChI=1S/C22H24FN5/c1-14-15(2)25-16(3)26-22(14)28-11-8-17(9-12-28)21-24-10-7-20(27-21)18-5-4-6-19(23)13-18/h4-7,10,13,17H,8-9,11-12H2,1-3H3. The van der Waals surface area contributed by atoms with Crippen molar-refractivity contribution in [2.75, 3.05) is 18.0 Å². The molecule has 1 aliphatic heterocycles. The molecule has 0 atom stereocenters. The summed E-state index contributed by atoms with van der Waals surface area (Å²) in [6.45, 7) is 7.88. The number of aromatic nitrogens is 4. The van der Waals surface area contributed by atoms with Crippen molar-refractivity contribution in [3.05, 3.63) is 65.3 Å². The van der Waals surface area contributed by atoms with Crippen LogP contribution in [0.5, 0.6) is 0 Å². The van der Waals surface area contributed by atoms with E-state index in [-0.39, 0.29) is 5.82 Å². The van der Waals surface area contributed by atoms with E-state index in [1.54, 1.807) is 12.3 Å². The Morgan fingerprint density at radius 2 is 1.79 bits per heavy atom. The van der Waals surface area contributed by atoms with Gasteiger partial charge < -0.3 is 4.90 Å². The summed E-state index contributed by atoms with van der Waals surface area (Å²) in [5.41, 5.74) is 3.73. The molecule has 28 heavy (non-hydrogen) atoms. The molecule has 0 radical (unpaired) electrons. The average Bonchev–Trinajstić information content (AvgIpc) is 2.71. The molecule has 1 fully saturated rings. The first-order valence-corrected chi connectivity index (χ1v) is 9.67. The highest BCUT2D eigenvalue weighted by atomic mass is 19.1. The zero-order valence-electron chi connectivity index (χ0n) is 16.5. The van der Waals surface area contributed by atoms with Crippen LogP contribution < -0.4 is 4.90 Å². The highest BCUT2D eigenvalue weighted by Crippen LogP contribution is 2.30. The van der Waals surface area contributed by atoms with E-state index in [9.17, 15) is 4.39 Å². The van der Waals surface area contributed by atoms with Crippen LogP contribution in [0.2, 0.25) is 0 Å². The number of piperidine rings is 1. The van der Waals surface area contributed by atoms with E-state index in [4.69, 9.17) is 4.98 Å². The lowest BCUT2D eigenvalue weighted by Gasteiger charge is -2.33. The normalized spacial score (nSPS) is 15.1. The van der Waals surface area contributed by atoms with E-state index in [0.29, 0.717) is 5.92 Å². The second-order valence-corrected chi connectivity index (χ2v) is 7.38. The predicted molar refractivity (Wildman–Crippen MR) is 108 cm³/mol. The van der Waals surface area contributed by atoms with E-state index < -0.39 is 0 Å². The van der Waals surface area contributed by atoms with Crippen LogP contribution >= 0.6 is 0 Å². The van der Waals surface area contributed by atoms with E-state index >= 15 is 0 Å². The SMILES string of the molecule is Cc1nc(C)c(C)c(N2CCC(c3nccc(-c4cccc(F)c4)n3)CC2)n1. The van der Waals surface area contributed by atoms with Crippen molar-refractivity contribution in [1.29, 1.82) is 0 Å². The van der Waals surface area contributed by atoms with Gasteiger partial charge in [0, 0.05) is 42.0 Å². The molecule has 3 aromatic rings. The number of hydrogen-bond donors (Lipinski definition) is 0. The molecule has 0 aliphatic carbocycles. The Kier molecular flexibility index (Phi) is 5.03. The molecule has 1 aromatic carbocycles. The Morgan fingerprint density at radius 3 is 2.54 bits per heavy atom. The molecule has 3 heterocycles. The van der Waals surface area contributed by atoms with Crippen LogP contribution in [0.15, 0.2) is 36.5 Å². The third kappa shape index (κ3) is 3.72. The molecule has 5 nitrogen and oxygen atoms in total. The molecule has 6 heteroatoms. The minimum atomic E-state index is -0.253. The van der Waals surface area contributed by atoms with Gasteiger partial charge in [-0.25, -0.2) is 24.3 Å². The van der Waals surface area contributed by atoms with E-state index in [2.05, 4.69) is 26.8 Å². The summed E-state index contributed by atoms with van der Waals surface area (Å²) >= 11 is 0. The first-order valence-electron chi connectivity index (χ1n) is 9.67. The third-order valence-electron chi connectivity index (χ3n) is 5.43. The fourth-order valence-corrected chi connectivity index (χ4v) is 3.79. The predicted octanol–water partition coefficient (Wildman–Crippen LogP) is 4.38. The van der Waals surface area contributed by atoms with Crippen molar-refractivity contribution in [3.63, 3.8) is 0 Å². The van der Waals surface area contributed by atoms with Crippen molar-refractivity contribution in [2.45, 2.75) is 39.5 Å². The molecular weight excluding hydrogens is 353 g/mol. The summed E-state index contributed by atoms with van der Waals surface area (Å²) in [4.78, 5) is 20.7. The number of hydrogen-bond acceptors (Lipinski definition) is 5. The van der Waals surface area contributed by atoms with Crippen LogP contribution in [-0.4, -0.2) is 33.0 Å². The van der Waals surface area contributed by atoms with Crippen LogP contribution in [-0.2, 0) is 0 Å². The van der Waals surface area contributed by atoms with Gasteiger partial charge in [-0.05, 0) is 51.8 Å². The van der Waals surface area contributed by atoms with Crippen molar-refractivity contribution in [2.24, 2.45) is 0 Å². The minimum Gasteiger partial charge on any atom is -0.356 e. The van der Waals surface area contributed by atoms with Gasteiger partial charge in [0.1, 0.15) is 23.3 Å². The smallest absolute Gasteiger partial charge is 0.135 e. The van der Waals surface area contributed by atoms with Crippen molar-refractivity contribution < 1.29 is 4.39 Å². The number of aryl methyl sites for hydroxylation is 2. The van der Waals surface area contributed by atoms with Gasteiger partial charge in [-0.1, -0.05) is 12.1 Å². The van der Waals surface area contributed by atoms with Gasteiger partial charge in [0.15, 0.2) is 0 Å². The minimum absolute atomic E-state index is 0.253. The summed E-state index contributed by atoms with van der Waals surface area (Å²) in [5, 5.41) is 0. The van der Waals surface area contributed by atoms with Gasteiger partial charge in [-0.3, -0.25) is 0 Å². The zero-order chi connectivity index (χ0) is 19.7. The van der Waals surface area contributed by atoms with Gasteiger partial charge in [-0.2, -0.15) is 0 Å². The molecule has 0 spiro atoms. The number of anilines is 1. The Morgan fingerprint density at radius 1 is 1.00 bits per heavy atom. The van der Waals surface area contributed by atoms with Crippen LogP contribution in [0.1, 0.15) is 41.7 Å². The molecular formula is C22H24FN5. The first kappa shape index (κ1) is 18.5. The van der Waals surface area contributed by atoms with Crippen molar-refractivity contribution in [1.82, 2.24) is 19.9 Å². The molecule has 2 aromatic heterocycles. The lowest BCUT2D eigenvalue weighted by Crippen LogP contribution is -2.35. The maximum Gasteiger partial charge on any atom is 0.135 e. The summed E-state index contributed by atoms with van der Waals surface area (Å²) in [6.07, 6.45) is 3.71. The summed E-state index contributed by atoms with van der Waals surface area (Å²) in [5.74, 6) is 2.74. The van der Waals surface area contributed by atoms with Crippen LogP contribution in [0.25, 0.3) is 11.3 Å². The Balaban J connectivity index is 1.51. The Bertz CT molecular complexity index is 996. The van der Waals surface area contributed by atoms with Gasteiger partial charge >= 0.3 is 0 Å². The molecule has 144 valence electrons. The van der Waals surface area contributed by atoms with Crippen LogP contribution in [0.4, 0.5) is 10.2 Å². The summed E-state index contributed by atoms with van der Waals surface area (Å²) in [7, 11) is 0. The molecule has 0 unspecified atom stereocenters. The van der Waals surface area contributed by atoms with E-state index in [1.807, 2.05) is 26.0 Å². The molecule has 1 aliphatic rings. The Hall–Kier alpha value is -2.89. The summed E-state index contributed by atoms with van der Waals surface area (Å²) < 4.78 is 13.5. The van der Waals surface area contributed by atoms with Gasteiger partial charge in [-0.15, -0.1) is 0 Å². The monoisotopic (exact) mass is 377 g/mol. The van der Waals surface area contributed by atoms with Crippen molar-refractivity contribution in [3.8, 4) is 11.3 Å².